The van der Waals surface area contributed by atoms with E-state index in [1.807, 2.05) is 37.3 Å². The highest BCUT2D eigenvalue weighted by atomic mass is 32.2. The number of sulfonamides is 1. The number of nitrogens with zero attached hydrogens (tertiary/aromatic N) is 2. The van der Waals surface area contributed by atoms with Gasteiger partial charge in [0.15, 0.2) is 0 Å². The van der Waals surface area contributed by atoms with Crippen LogP contribution in [0.25, 0.3) is 0 Å². The molecule has 1 atom stereocenters. The molecule has 0 saturated heterocycles. The Labute approximate surface area is 165 Å². The summed E-state index contributed by atoms with van der Waals surface area (Å²) in [6.07, 6.45) is 1.64. The van der Waals surface area contributed by atoms with Gasteiger partial charge in [0.2, 0.25) is 15.9 Å². The molecule has 2 aromatic rings. The average molecular weight is 401 g/mol. The van der Waals surface area contributed by atoms with Gasteiger partial charge in [0.25, 0.3) is 0 Å². The molecule has 7 nitrogen and oxygen atoms in total. The second kappa shape index (κ2) is 8.02. The number of amides is 1. The van der Waals surface area contributed by atoms with Crippen LogP contribution in [-0.4, -0.2) is 37.9 Å². The first kappa shape index (κ1) is 19.9. The molecule has 1 heterocycles. The third-order valence-corrected chi connectivity index (χ3v) is 4.91. The number of anilines is 1. The van der Waals surface area contributed by atoms with Crippen LogP contribution in [0.15, 0.2) is 53.6 Å². The molecule has 0 aliphatic carbocycles. The van der Waals surface area contributed by atoms with Crippen molar-refractivity contribution in [3.05, 3.63) is 59.7 Å². The fraction of sp³-hybridized carbons (Fsp3) is 0.300. The summed E-state index contributed by atoms with van der Waals surface area (Å²) < 4.78 is 30.9. The van der Waals surface area contributed by atoms with Gasteiger partial charge >= 0.3 is 0 Å². The largest absolute Gasteiger partial charge is 0.494 e. The fourth-order valence-electron chi connectivity index (χ4n) is 3.16. The number of rotatable bonds is 6. The van der Waals surface area contributed by atoms with E-state index in [0.717, 1.165) is 28.8 Å². The fourth-order valence-corrected chi connectivity index (χ4v) is 3.72. The Balaban J connectivity index is 1.87. The summed E-state index contributed by atoms with van der Waals surface area (Å²) >= 11 is 0. The highest BCUT2D eigenvalue weighted by Crippen LogP contribution is 2.34. The van der Waals surface area contributed by atoms with E-state index >= 15 is 0 Å². The lowest BCUT2D eigenvalue weighted by Crippen LogP contribution is -2.24. The maximum atomic E-state index is 12.1. The molecule has 2 aromatic carbocycles. The third-order valence-electron chi connectivity index (χ3n) is 4.31. The van der Waals surface area contributed by atoms with Crippen molar-refractivity contribution in [1.29, 1.82) is 0 Å². The number of hydrogen-bond acceptors (Lipinski definition) is 5. The molecule has 1 aliphatic rings. The van der Waals surface area contributed by atoms with Gasteiger partial charge in [0.1, 0.15) is 5.75 Å². The van der Waals surface area contributed by atoms with Gasteiger partial charge in [0, 0.05) is 19.0 Å². The van der Waals surface area contributed by atoms with Gasteiger partial charge in [-0.3, -0.25) is 9.52 Å². The zero-order valence-electron chi connectivity index (χ0n) is 16.0. The van der Waals surface area contributed by atoms with Crippen LogP contribution in [0.1, 0.15) is 37.4 Å². The quantitative estimate of drug-likeness (QED) is 0.805. The lowest BCUT2D eigenvalue weighted by atomic mass is 9.98. The van der Waals surface area contributed by atoms with Crippen LogP contribution in [0.5, 0.6) is 5.75 Å². The van der Waals surface area contributed by atoms with Crippen LogP contribution in [-0.2, 0) is 14.8 Å². The topological polar surface area (TPSA) is 88.1 Å². The normalized spacial score (nSPS) is 16.6. The summed E-state index contributed by atoms with van der Waals surface area (Å²) in [7, 11) is -3.37. The highest BCUT2D eigenvalue weighted by Gasteiger charge is 2.31. The first-order chi connectivity index (χ1) is 13.3. The smallest absolute Gasteiger partial charge is 0.240 e. The van der Waals surface area contributed by atoms with E-state index in [0.29, 0.717) is 18.7 Å². The molecule has 3 rings (SSSR count). The number of carbonyl (C=O) groups excluding carboxylic acids is 1. The van der Waals surface area contributed by atoms with E-state index in [2.05, 4.69) is 9.82 Å². The van der Waals surface area contributed by atoms with E-state index in [9.17, 15) is 13.2 Å². The first-order valence-electron chi connectivity index (χ1n) is 8.95. The lowest BCUT2D eigenvalue weighted by Gasteiger charge is -2.20. The SMILES string of the molecule is CCOc1ccc([C@H]2CC(c3cccc(NS(C)(=O)=O)c3)=NN2C(C)=O)cc1. The maximum Gasteiger partial charge on any atom is 0.240 e. The van der Waals surface area contributed by atoms with Crippen molar-refractivity contribution in [1.82, 2.24) is 5.01 Å². The number of ether oxygens (including phenoxy) is 1. The van der Waals surface area contributed by atoms with Crippen LogP contribution in [0.3, 0.4) is 0 Å². The standard InChI is InChI=1S/C20H23N3O4S/c1-4-27-18-10-8-15(9-11-18)20-13-19(21-23(20)14(2)24)16-6-5-7-17(12-16)22-28(3,25)26/h5-12,20,22H,4,13H2,1-3H3/t20-/m1/s1. The van der Waals surface area contributed by atoms with E-state index in [1.165, 1.54) is 11.9 Å². The molecule has 0 spiro atoms. The van der Waals surface area contributed by atoms with Crippen LogP contribution in [0.4, 0.5) is 5.69 Å². The molecular formula is C20H23N3O4S. The van der Waals surface area contributed by atoms with Crippen molar-refractivity contribution in [3.63, 3.8) is 0 Å². The highest BCUT2D eigenvalue weighted by molar-refractivity contribution is 7.92. The molecule has 1 N–H and O–H groups in total. The van der Waals surface area contributed by atoms with Crippen LogP contribution in [0.2, 0.25) is 0 Å². The molecular weight excluding hydrogens is 378 g/mol. The molecule has 8 heteroatoms. The van der Waals surface area contributed by atoms with Crippen molar-refractivity contribution >= 4 is 27.3 Å². The Morgan fingerprint density at radius 2 is 1.96 bits per heavy atom. The minimum absolute atomic E-state index is 0.153. The Hall–Kier alpha value is -2.87. The minimum atomic E-state index is -3.37. The summed E-state index contributed by atoms with van der Waals surface area (Å²) in [6.45, 7) is 4.00. The Bertz CT molecular complexity index is 1000. The van der Waals surface area contributed by atoms with Gasteiger partial charge in [0.05, 0.1) is 24.6 Å². The summed E-state index contributed by atoms with van der Waals surface area (Å²) in [4.78, 5) is 12.1. The second-order valence-corrected chi connectivity index (χ2v) is 8.34. The molecule has 0 bridgehead atoms. The van der Waals surface area contributed by atoms with E-state index in [1.54, 1.807) is 18.2 Å². The summed E-state index contributed by atoms with van der Waals surface area (Å²) in [5, 5.41) is 5.98. The van der Waals surface area contributed by atoms with E-state index < -0.39 is 10.0 Å². The zero-order chi connectivity index (χ0) is 20.3. The zero-order valence-corrected chi connectivity index (χ0v) is 16.9. The van der Waals surface area contributed by atoms with Gasteiger partial charge in [-0.2, -0.15) is 5.10 Å². The second-order valence-electron chi connectivity index (χ2n) is 6.59. The molecule has 1 aliphatic heterocycles. The maximum absolute atomic E-state index is 12.1. The van der Waals surface area contributed by atoms with Gasteiger partial charge in [-0.25, -0.2) is 13.4 Å². The molecule has 0 aromatic heterocycles. The molecule has 28 heavy (non-hydrogen) atoms. The van der Waals surface area contributed by atoms with E-state index in [4.69, 9.17) is 4.74 Å². The number of nitrogens with one attached hydrogen (secondary N) is 1. The number of hydrogen-bond donors (Lipinski definition) is 1. The molecule has 148 valence electrons. The number of carbonyl (C=O) groups is 1. The van der Waals surface area contributed by atoms with Crippen LogP contribution in [0, 0.1) is 0 Å². The van der Waals surface area contributed by atoms with Crippen LogP contribution >= 0.6 is 0 Å². The lowest BCUT2D eigenvalue weighted by molar-refractivity contribution is -0.130. The molecule has 0 radical (unpaired) electrons. The Kier molecular flexibility index (Phi) is 5.69. The van der Waals surface area contributed by atoms with Gasteiger partial charge in [-0.1, -0.05) is 24.3 Å². The third kappa shape index (κ3) is 4.69. The van der Waals surface area contributed by atoms with Gasteiger partial charge < -0.3 is 4.74 Å². The van der Waals surface area contributed by atoms with Crippen molar-refractivity contribution in [2.45, 2.75) is 26.3 Å². The van der Waals surface area contributed by atoms with Gasteiger partial charge in [-0.15, -0.1) is 0 Å². The van der Waals surface area contributed by atoms with Gasteiger partial charge in [-0.05, 0) is 42.3 Å². The minimum Gasteiger partial charge on any atom is -0.494 e. The first-order valence-corrected chi connectivity index (χ1v) is 10.8. The predicted molar refractivity (Wildman–Crippen MR) is 109 cm³/mol. The summed E-state index contributed by atoms with van der Waals surface area (Å²) in [5.74, 6) is 0.624. The summed E-state index contributed by atoms with van der Waals surface area (Å²) in [5.41, 5.74) is 2.92. The Morgan fingerprint density at radius 3 is 2.57 bits per heavy atom. The summed E-state index contributed by atoms with van der Waals surface area (Å²) in [6, 6.07) is 14.4. The van der Waals surface area contributed by atoms with Crippen LogP contribution < -0.4 is 9.46 Å². The molecule has 0 fully saturated rings. The monoisotopic (exact) mass is 401 g/mol. The van der Waals surface area contributed by atoms with E-state index in [-0.39, 0.29) is 11.9 Å². The molecule has 1 amide bonds. The van der Waals surface area contributed by atoms with Crippen molar-refractivity contribution in [2.75, 3.05) is 17.6 Å². The van der Waals surface area contributed by atoms with Crippen molar-refractivity contribution < 1.29 is 17.9 Å². The average Bonchev–Trinajstić information content (AvgIpc) is 3.07. The number of hydrazone groups is 1. The molecule has 0 unspecified atom stereocenters. The Morgan fingerprint density at radius 1 is 1.25 bits per heavy atom. The predicted octanol–water partition coefficient (Wildman–Crippen LogP) is 3.15. The number of benzene rings is 2. The molecule has 0 saturated carbocycles. The van der Waals surface area contributed by atoms with Crippen molar-refractivity contribution in [2.24, 2.45) is 5.10 Å². The van der Waals surface area contributed by atoms with Crippen molar-refractivity contribution in [3.8, 4) is 5.75 Å².